The number of likely N-dealkylation sites (N-methyl/N-ethyl adjacent to an activating group) is 1. The van der Waals surface area contributed by atoms with Crippen LogP contribution in [-0.2, 0) is 4.79 Å². The van der Waals surface area contributed by atoms with Crippen molar-refractivity contribution in [1.82, 2.24) is 15.5 Å². The second-order valence-corrected chi connectivity index (χ2v) is 11.7. The van der Waals surface area contributed by atoms with Gasteiger partial charge in [-0.05, 0) is 37.8 Å². The van der Waals surface area contributed by atoms with Gasteiger partial charge in [-0.25, -0.2) is 14.7 Å². The topological polar surface area (TPSA) is 77.0 Å². The van der Waals surface area contributed by atoms with Crippen molar-refractivity contribution in [3.05, 3.63) is 30.3 Å². The average molecular weight is 529 g/mol. The fourth-order valence-corrected chi connectivity index (χ4v) is 5.51. The van der Waals surface area contributed by atoms with Crippen LogP contribution in [0.4, 0.5) is 10.5 Å². The standard InChI is InChI=1S/C24H32Cl3N5O2/c1-31-21(33)20(32(22(31)34)19-15-9-4-10-16-19)30-24(23(25,26)27,28-17-11-5-2-6-12-17)29-18-13-7-3-8-14-18/h4,9-10,15-18,28-29H,2-3,5-8,11-14H2,1H3. The number of hydrogen-bond acceptors (Lipinski definition) is 5. The lowest BCUT2D eigenvalue weighted by molar-refractivity contribution is -0.119. The summed E-state index contributed by atoms with van der Waals surface area (Å²) >= 11 is 20.0. The van der Waals surface area contributed by atoms with E-state index in [9.17, 15) is 9.59 Å². The number of hydrogen-bond donors (Lipinski definition) is 2. The Morgan fingerprint density at radius 1 is 0.853 bits per heavy atom. The van der Waals surface area contributed by atoms with Crippen molar-refractivity contribution in [2.45, 2.75) is 85.9 Å². The molecule has 1 heterocycles. The van der Waals surface area contributed by atoms with Crippen LogP contribution in [0.2, 0.25) is 0 Å². The zero-order valence-electron chi connectivity index (χ0n) is 19.4. The summed E-state index contributed by atoms with van der Waals surface area (Å²) in [6.45, 7) is 0. The second-order valence-electron chi connectivity index (χ2n) is 9.42. The van der Waals surface area contributed by atoms with Crippen LogP contribution in [0.25, 0.3) is 0 Å². The van der Waals surface area contributed by atoms with E-state index in [1.165, 1.54) is 24.8 Å². The highest BCUT2D eigenvalue weighted by Crippen LogP contribution is 2.41. The van der Waals surface area contributed by atoms with E-state index in [0.29, 0.717) is 5.69 Å². The second kappa shape index (κ2) is 10.7. The van der Waals surface area contributed by atoms with E-state index in [1.807, 2.05) is 6.07 Å². The van der Waals surface area contributed by atoms with E-state index in [2.05, 4.69) is 10.6 Å². The number of aliphatic imine (C=N–C) groups is 1. The molecule has 0 aromatic heterocycles. The average Bonchev–Trinajstić information content (AvgIpc) is 3.03. The van der Waals surface area contributed by atoms with Crippen molar-refractivity contribution >= 4 is 58.3 Å². The van der Waals surface area contributed by atoms with Crippen molar-refractivity contribution in [2.24, 2.45) is 4.99 Å². The molecule has 3 aliphatic rings. The van der Waals surface area contributed by atoms with E-state index in [4.69, 9.17) is 39.8 Å². The molecule has 0 spiro atoms. The Morgan fingerprint density at radius 2 is 1.35 bits per heavy atom. The highest BCUT2D eigenvalue weighted by atomic mass is 35.6. The van der Waals surface area contributed by atoms with Crippen molar-refractivity contribution < 1.29 is 9.59 Å². The summed E-state index contributed by atoms with van der Waals surface area (Å²) < 4.78 is -1.93. The Balaban J connectivity index is 1.81. The van der Waals surface area contributed by atoms with Gasteiger partial charge >= 0.3 is 6.03 Å². The molecule has 10 heteroatoms. The van der Waals surface area contributed by atoms with E-state index in [-0.39, 0.29) is 17.9 Å². The monoisotopic (exact) mass is 527 g/mol. The zero-order valence-corrected chi connectivity index (χ0v) is 21.7. The third-order valence-corrected chi connectivity index (χ3v) is 7.74. The molecule has 0 atom stereocenters. The number of urea groups is 1. The molecule has 1 aliphatic heterocycles. The number of anilines is 1. The number of amides is 3. The van der Waals surface area contributed by atoms with Crippen LogP contribution in [0.1, 0.15) is 64.2 Å². The molecule has 2 saturated carbocycles. The van der Waals surface area contributed by atoms with Gasteiger partial charge in [-0.3, -0.25) is 20.3 Å². The molecule has 7 nitrogen and oxygen atoms in total. The fourth-order valence-electron chi connectivity index (χ4n) is 5.06. The number of benzene rings is 1. The maximum Gasteiger partial charge on any atom is 0.337 e. The van der Waals surface area contributed by atoms with Gasteiger partial charge in [0.2, 0.25) is 15.4 Å². The lowest BCUT2D eigenvalue weighted by atomic mass is 9.93. The van der Waals surface area contributed by atoms with Crippen LogP contribution in [0.15, 0.2) is 35.3 Å². The Morgan fingerprint density at radius 3 is 1.82 bits per heavy atom. The van der Waals surface area contributed by atoms with E-state index < -0.39 is 21.5 Å². The van der Waals surface area contributed by atoms with Crippen molar-refractivity contribution in [3.63, 3.8) is 0 Å². The van der Waals surface area contributed by atoms with Crippen LogP contribution in [0.3, 0.4) is 0 Å². The molecule has 2 aliphatic carbocycles. The normalized spacial score (nSPS) is 22.8. The van der Waals surface area contributed by atoms with Gasteiger partial charge in [0, 0.05) is 19.1 Å². The summed E-state index contributed by atoms with van der Waals surface area (Å²) in [5.41, 5.74) is 0.525. The predicted octanol–water partition coefficient (Wildman–Crippen LogP) is 5.35. The number of nitrogens with one attached hydrogen (secondary N) is 2. The molecule has 2 N–H and O–H groups in total. The molecule has 0 unspecified atom stereocenters. The predicted molar refractivity (Wildman–Crippen MR) is 138 cm³/mol. The largest absolute Gasteiger partial charge is 0.337 e. The highest BCUT2D eigenvalue weighted by molar-refractivity contribution is 6.68. The van der Waals surface area contributed by atoms with Crippen LogP contribution in [0.5, 0.6) is 0 Å². The van der Waals surface area contributed by atoms with Crippen LogP contribution >= 0.6 is 34.8 Å². The fraction of sp³-hybridized carbons (Fsp3) is 0.625. The Bertz CT molecular complexity index is 889. The van der Waals surface area contributed by atoms with Crippen molar-refractivity contribution in [1.29, 1.82) is 0 Å². The lowest BCUT2D eigenvalue weighted by Gasteiger charge is -2.44. The number of carbonyl (C=O) groups is 2. The third kappa shape index (κ3) is 5.39. The molecule has 1 aromatic carbocycles. The van der Waals surface area contributed by atoms with Gasteiger partial charge in [0.05, 0.1) is 5.69 Å². The van der Waals surface area contributed by atoms with Crippen LogP contribution < -0.4 is 15.5 Å². The quantitative estimate of drug-likeness (QED) is 0.296. The molecule has 4 rings (SSSR count). The van der Waals surface area contributed by atoms with Crippen LogP contribution in [0, 0.1) is 0 Å². The SMILES string of the molecule is CN1C(=O)C(=NC(NC2CCCCC2)(NC2CCCCC2)C(Cl)(Cl)Cl)N(c2ccccc2)C1=O. The first kappa shape index (κ1) is 25.7. The molecule has 34 heavy (non-hydrogen) atoms. The minimum Gasteiger partial charge on any atom is -0.274 e. The third-order valence-electron chi connectivity index (χ3n) is 6.92. The lowest BCUT2D eigenvalue weighted by Crippen LogP contribution is -2.69. The number of amidine groups is 1. The molecule has 0 bridgehead atoms. The summed E-state index contributed by atoms with van der Waals surface area (Å²) in [5, 5.41) is 7.01. The zero-order chi connectivity index (χ0) is 24.3. The molecule has 1 aromatic rings. The summed E-state index contributed by atoms with van der Waals surface area (Å²) in [4.78, 5) is 33.4. The Kier molecular flexibility index (Phi) is 8.09. The van der Waals surface area contributed by atoms with E-state index in [0.717, 1.165) is 56.3 Å². The van der Waals surface area contributed by atoms with Gasteiger partial charge < -0.3 is 0 Å². The van der Waals surface area contributed by atoms with Crippen molar-refractivity contribution in [2.75, 3.05) is 11.9 Å². The van der Waals surface area contributed by atoms with Gasteiger partial charge in [0.25, 0.3) is 5.91 Å². The number of imide groups is 1. The van der Waals surface area contributed by atoms with E-state index in [1.54, 1.807) is 24.3 Å². The molecular weight excluding hydrogens is 497 g/mol. The maximum atomic E-state index is 13.2. The molecule has 1 saturated heterocycles. The molecule has 186 valence electrons. The highest BCUT2D eigenvalue weighted by Gasteiger charge is 2.54. The van der Waals surface area contributed by atoms with E-state index >= 15 is 0 Å². The van der Waals surface area contributed by atoms with Gasteiger partial charge in [0.15, 0.2) is 0 Å². The number of rotatable bonds is 6. The summed E-state index contributed by atoms with van der Waals surface area (Å²) in [6, 6.07) is 8.58. The number of halogens is 3. The minimum atomic E-state index is -1.93. The van der Waals surface area contributed by atoms with Crippen molar-refractivity contribution in [3.8, 4) is 0 Å². The Labute approximate surface area is 216 Å². The smallest absolute Gasteiger partial charge is 0.274 e. The van der Waals surface area contributed by atoms with Gasteiger partial charge in [-0.2, -0.15) is 0 Å². The number of alkyl halides is 3. The summed E-state index contributed by atoms with van der Waals surface area (Å²) in [6.07, 6.45) is 10.3. The first-order valence-electron chi connectivity index (χ1n) is 12.1. The summed E-state index contributed by atoms with van der Waals surface area (Å²) in [5.74, 6) is -2.19. The van der Waals surface area contributed by atoms with Gasteiger partial charge in [-0.15, -0.1) is 0 Å². The van der Waals surface area contributed by atoms with Crippen LogP contribution in [-0.4, -0.2) is 51.4 Å². The number of carbonyl (C=O) groups excluding carboxylic acids is 2. The molecular formula is C24H32Cl3N5O2. The molecule has 3 amide bonds. The number of para-hydroxylation sites is 1. The number of nitrogens with zero attached hydrogens (tertiary/aromatic N) is 3. The first-order chi connectivity index (χ1) is 16.2. The molecule has 0 radical (unpaired) electrons. The maximum absolute atomic E-state index is 13.2. The molecule has 3 fully saturated rings. The van der Waals surface area contributed by atoms with Gasteiger partial charge in [-0.1, -0.05) is 91.5 Å². The minimum absolute atomic E-state index is 0.0694. The van der Waals surface area contributed by atoms with Gasteiger partial charge in [0.1, 0.15) is 0 Å². The first-order valence-corrected chi connectivity index (χ1v) is 13.2. The Hall–Kier alpha value is -1.38. The summed E-state index contributed by atoms with van der Waals surface area (Å²) in [7, 11) is 1.43.